The van der Waals surface area contributed by atoms with E-state index in [1.807, 2.05) is 17.8 Å². The first-order chi connectivity index (χ1) is 9.56. The molecule has 0 fully saturated rings. The lowest BCUT2D eigenvalue weighted by atomic mass is 10.0. The van der Waals surface area contributed by atoms with Gasteiger partial charge in [0.2, 0.25) is 0 Å². The van der Waals surface area contributed by atoms with Gasteiger partial charge in [-0.25, -0.2) is 8.78 Å². The molecule has 20 heavy (non-hydrogen) atoms. The first kappa shape index (κ1) is 15.1. The molecule has 0 saturated heterocycles. The van der Waals surface area contributed by atoms with E-state index < -0.39 is 11.6 Å². The van der Waals surface area contributed by atoms with E-state index >= 15 is 0 Å². The second-order valence-corrected chi connectivity index (χ2v) is 5.31. The molecule has 1 N–H and O–H groups in total. The van der Waals surface area contributed by atoms with Gasteiger partial charge in [-0.1, -0.05) is 6.07 Å². The van der Waals surface area contributed by atoms with E-state index in [-0.39, 0.29) is 10.5 Å². The van der Waals surface area contributed by atoms with Crippen molar-refractivity contribution in [3.63, 3.8) is 0 Å². The fourth-order valence-electron chi connectivity index (χ4n) is 2.10. The van der Waals surface area contributed by atoms with Gasteiger partial charge in [-0.05, 0) is 53.5 Å². The van der Waals surface area contributed by atoms with Gasteiger partial charge < -0.3 is 5.32 Å². The summed E-state index contributed by atoms with van der Waals surface area (Å²) in [5.41, 5.74) is 1.73. The minimum absolute atomic E-state index is 0.117. The van der Waals surface area contributed by atoms with Crippen LogP contribution in [0.1, 0.15) is 24.1 Å². The number of nitrogens with one attached hydrogen (secondary N) is 1. The van der Waals surface area contributed by atoms with Crippen molar-refractivity contribution in [2.24, 2.45) is 0 Å². The Labute approximate surface area is 125 Å². The highest BCUT2D eigenvalue weighted by molar-refractivity contribution is 9.10. The van der Waals surface area contributed by atoms with Gasteiger partial charge in [0.15, 0.2) is 11.6 Å². The number of aryl methyl sites for hydroxylation is 1. The molecule has 1 aromatic carbocycles. The summed E-state index contributed by atoms with van der Waals surface area (Å²) in [6.07, 6.45) is 4.40. The molecular formula is C14H16BrF2N3. The zero-order chi connectivity index (χ0) is 14.7. The number of rotatable bonds is 5. The van der Waals surface area contributed by atoms with Crippen molar-refractivity contribution < 1.29 is 8.78 Å². The lowest BCUT2D eigenvalue weighted by Crippen LogP contribution is -2.19. The Balaban J connectivity index is 2.26. The quantitative estimate of drug-likeness (QED) is 0.842. The minimum Gasteiger partial charge on any atom is -0.313 e. The minimum atomic E-state index is -0.855. The Morgan fingerprint density at radius 2 is 2.15 bits per heavy atom. The molecular weight excluding hydrogens is 328 g/mol. The molecule has 0 saturated carbocycles. The van der Waals surface area contributed by atoms with E-state index in [1.54, 1.807) is 19.3 Å². The number of hydrogen-bond acceptors (Lipinski definition) is 2. The third-order valence-electron chi connectivity index (χ3n) is 3.24. The molecule has 0 spiro atoms. The van der Waals surface area contributed by atoms with Crippen LogP contribution in [0.15, 0.2) is 29.0 Å². The average Bonchev–Trinajstić information content (AvgIpc) is 2.91. The highest BCUT2D eigenvalue weighted by atomic mass is 79.9. The third kappa shape index (κ3) is 3.07. The summed E-state index contributed by atoms with van der Waals surface area (Å²) in [6, 6.07) is 2.62. The Hall–Kier alpha value is -1.27. The number of nitrogens with zero attached hydrogens (tertiary/aromatic N) is 2. The van der Waals surface area contributed by atoms with Crippen molar-refractivity contribution in [1.82, 2.24) is 15.1 Å². The van der Waals surface area contributed by atoms with Crippen LogP contribution in [0.4, 0.5) is 8.78 Å². The van der Waals surface area contributed by atoms with Gasteiger partial charge in [-0.3, -0.25) is 4.68 Å². The number of likely N-dealkylation sites (N-methyl/N-ethyl adjacent to an activating group) is 1. The maximum atomic E-state index is 13.6. The predicted octanol–water partition coefficient (Wildman–Crippen LogP) is 3.45. The lowest BCUT2D eigenvalue weighted by Gasteiger charge is -2.18. The van der Waals surface area contributed by atoms with E-state index in [4.69, 9.17) is 0 Å². The summed E-state index contributed by atoms with van der Waals surface area (Å²) in [6.45, 7) is 2.82. The molecule has 6 heteroatoms. The molecule has 0 aliphatic rings. The molecule has 3 nitrogen and oxygen atoms in total. The third-order valence-corrected chi connectivity index (χ3v) is 4.05. The summed E-state index contributed by atoms with van der Waals surface area (Å²) in [4.78, 5) is 0. The van der Waals surface area contributed by atoms with E-state index in [0.717, 1.165) is 18.2 Å². The van der Waals surface area contributed by atoms with Crippen LogP contribution in [0, 0.1) is 11.6 Å². The zero-order valence-electron chi connectivity index (χ0n) is 11.3. The summed E-state index contributed by atoms with van der Waals surface area (Å²) in [7, 11) is 1.79. The molecule has 1 unspecified atom stereocenters. The Kier molecular flexibility index (Phi) is 4.88. The van der Waals surface area contributed by atoms with Gasteiger partial charge in [0.25, 0.3) is 0 Å². The van der Waals surface area contributed by atoms with Crippen molar-refractivity contribution in [2.45, 2.75) is 25.9 Å². The molecule has 0 radical (unpaired) electrons. The van der Waals surface area contributed by atoms with Crippen LogP contribution in [0.2, 0.25) is 0 Å². The number of benzene rings is 1. The van der Waals surface area contributed by atoms with Gasteiger partial charge in [0, 0.05) is 18.8 Å². The van der Waals surface area contributed by atoms with Crippen LogP contribution < -0.4 is 5.32 Å². The highest BCUT2D eigenvalue weighted by Gasteiger charge is 2.18. The standard InChI is InChI=1S/C14H16BrF2N3/c1-3-20-8-9(7-19-20)6-12(18-2)10-4-5-11(16)14(17)13(10)15/h4-5,7-8,12,18H,3,6H2,1-2H3. The maximum Gasteiger partial charge on any atom is 0.173 e. The largest absolute Gasteiger partial charge is 0.313 e. The van der Waals surface area contributed by atoms with Gasteiger partial charge in [0.1, 0.15) is 0 Å². The fourth-order valence-corrected chi connectivity index (χ4v) is 2.70. The van der Waals surface area contributed by atoms with Gasteiger partial charge in [-0.15, -0.1) is 0 Å². The Morgan fingerprint density at radius 3 is 2.75 bits per heavy atom. The smallest absolute Gasteiger partial charge is 0.173 e. The van der Waals surface area contributed by atoms with Gasteiger partial charge in [-0.2, -0.15) is 5.10 Å². The predicted molar refractivity (Wildman–Crippen MR) is 77.5 cm³/mol. The molecule has 0 aliphatic carbocycles. The Bertz CT molecular complexity index is 598. The molecule has 0 aliphatic heterocycles. The topological polar surface area (TPSA) is 29.9 Å². The maximum absolute atomic E-state index is 13.6. The average molecular weight is 344 g/mol. The van der Waals surface area contributed by atoms with Crippen LogP contribution in [0.5, 0.6) is 0 Å². The Morgan fingerprint density at radius 1 is 1.40 bits per heavy atom. The van der Waals surface area contributed by atoms with Crippen LogP contribution in [0.3, 0.4) is 0 Å². The van der Waals surface area contributed by atoms with Crippen molar-refractivity contribution >= 4 is 15.9 Å². The SMILES string of the molecule is CCn1cc(CC(NC)c2ccc(F)c(F)c2Br)cn1. The van der Waals surface area contributed by atoms with Crippen LogP contribution in [-0.4, -0.2) is 16.8 Å². The first-order valence-electron chi connectivity index (χ1n) is 6.38. The van der Waals surface area contributed by atoms with Crippen molar-refractivity contribution in [3.05, 3.63) is 51.8 Å². The summed E-state index contributed by atoms with van der Waals surface area (Å²) in [5.74, 6) is -1.71. The number of aromatic nitrogens is 2. The molecule has 0 bridgehead atoms. The van der Waals surface area contributed by atoms with Crippen molar-refractivity contribution in [3.8, 4) is 0 Å². The first-order valence-corrected chi connectivity index (χ1v) is 7.18. The van der Waals surface area contributed by atoms with Crippen LogP contribution in [-0.2, 0) is 13.0 Å². The van der Waals surface area contributed by atoms with Crippen molar-refractivity contribution in [2.75, 3.05) is 7.05 Å². The van der Waals surface area contributed by atoms with Gasteiger partial charge in [0.05, 0.1) is 10.7 Å². The van der Waals surface area contributed by atoms with E-state index in [0.29, 0.717) is 12.0 Å². The van der Waals surface area contributed by atoms with E-state index in [2.05, 4.69) is 26.3 Å². The molecule has 1 aromatic heterocycles. The number of halogens is 3. The molecule has 2 rings (SSSR count). The van der Waals surface area contributed by atoms with Crippen molar-refractivity contribution in [1.29, 1.82) is 0 Å². The fraction of sp³-hybridized carbons (Fsp3) is 0.357. The van der Waals surface area contributed by atoms with E-state index in [1.165, 1.54) is 0 Å². The van der Waals surface area contributed by atoms with Crippen LogP contribution in [0.25, 0.3) is 0 Å². The zero-order valence-corrected chi connectivity index (χ0v) is 12.9. The normalized spacial score (nSPS) is 12.7. The molecule has 0 amide bonds. The summed E-state index contributed by atoms with van der Waals surface area (Å²) in [5, 5.41) is 7.34. The monoisotopic (exact) mass is 343 g/mol. The number of hydrogen-bond donors (Lipinski definition) is 1. The highest BCUT2D eigenvalue weighted by Crippen LogP contribution is 2.29. The molecule has 1 heterocycles. The second kappa shape index (κ2) is 6.45. The molecule has 108 valence electrons. The second-order valence-electron chi connectivity index (χ2n) is 4.51. The molecule has 1 atom stereocenters. The van der Waals surface area contributed by atoms with Gasteiger partial charge >= 0.3 is 0 Å². The summed E-state index contributed by atoms with van der Waals surface area (Å²) >= 11 is 3.13. The van der Waals surface area contributed by atoms with E-state index in [9.17, 15) is 8.78 Å². The van der Waals surface area contributed by atoms with Crippen LogP contribution >= 0.6 is 15.9 Å². The molecule has 2 aromatic rings. The summed E-state index contributed by atoms with van der Waals surface area (Å²) < 4.78 is 28.8. The lowest BCUT2D eigenvalue weighted by molar-refractivity contribution is 0.495.